The number of rotatable bonds is 5. The topological polar surface area (TPSA) is 74.8 Å². The van der Waals surface area contributed by atoms with Crippen LogP contribution in [-0.2, 0) is 9.59 Å². The Kier molecular flexibility index (Phi) is 6.65. The normalized spacial score (nSPS) is 19.7. The Morgan fingerprint density at radius 1 is 0.971 bits per heavy atom. The standard InChI is InChI=1S/C26H24Cl2N2O4/c1-14-4-8-19-21(10-14)26(34)30(25(19)33)29(24(32)20-9-7-18(27)12-22(20)28)13-23(31)17-6-5-15(2)16(3)11-17/h4-7,9,11-12,19,21H,8,10,13H2,1-3H3/t19-,21-/m0/s1. The minimum Gasteiger partial charge on any atom is -0.292 e. The van der Waals surface area contributed by atoms with Gasteiger partial charge in [0.05, 0.1) is 22.4 Å². The van der Waals surface area contributed by atoms with Crippen LogP contribution >= 0.6 is 23.2 Å². The van der Waals surface area contributed by atoms with Crippen molar-refractivity contribution in [2.24, 2.45) is 11.8 Å². The molecule has 0 saturated carbocycles. The molecule has 2 aromatic rings. The van der Waals surface area contributed by atoms with Crippen LogP contribution in [0.4, 0.5) is 0 Å². The number of ketones is 1. The van der Waals surface area contributed by atoms with Crippen molar-refractivity contribution in [2.75, 3.05) is 6.54 Å². The summed E-state index contributed by atoms with van der Waals surface area (Å²) < 4.78 is 0. The number of benzene rings is 2. The third-order valence-corrected chi connectivity index (χ3v) is 7.11. The zero-order valence-electron chi connectivity index (χ0n) is 19.1. The second kappa shape index (κ2) is 9.35. The fourth-order valence-electron chi connectivity index (χ4n) is 4.44. The van der Waals surface area contributed by atoms with Crippen molar-refractivity contribution in [3.8, 4) is 0 Å². The number of carbonyl (C=O) groups excluding carboxylic acids is 4. The number of halogens is 2. The Morgan fingerprint density at radius 2 is 1.68 bits per heavy atom. The number of aryl methyl sites for hydroxylation is 2. The van der Waals surface area contributed by atoms with Gasteiger partial charge in [0.15, 0.2) is 5.78 Å². The number of nitrogens with zero attached hydrogens (tertiary/aromatic N) is 2. The molecule has 0 unspecified atom stereocenters. The molecule has 1 heterocycles. The van der Waals surface area contributed by atoms with Gasteiger partial charge in [-0.05, 0) is 69.0 Å². The van der Waals surface area contributed by atoms with Crippen molar-refractivity contribution in [3.05, 3.63) is 80.3 Å². The van der Waals surface area contributed by atoms with Gasteiger partial charge in [0, 0.05) is 10.6 Å². The Labute approximate surface area is 208 Å². The summed E-state index contributed by atoms with van der Waals surface area (Å²) in [5.74, 6) is -3.18. The monoisotopic (exact) mass is 498 g/mol. The highest BCUT2D eigenvalue weighted by molar-refractivity contribution is 6.36. The van der Waals surface area contributed by atoms with E-state index in [-0.39, 0.29) is 10.6 Å². The first-order valence-electron chi connectivity index (χ1n) is 11.0. The zero-order chi connectivity index (χ0) is 24.7. The molecule has 176 valence electrons. The van der Waals surface area contributed by atoms with E-state index >= 15 is 0 Å². The quantitative estimate of drug-likeness (QED) is 0.322. The van der Waals surface area contributed by atoms with Crippen LogP contribution in [0.2, 0.25) is 10.0 Å². The van der Waals surface area contributed by atoms with Crippen molar-refractivity contribution in [3.63, 3.8) is 0 Å². The molecule has 2 atom stereocenters. The highest BCUT2D eigenvalue weighted by Gasteiger charge is 2.51. The summed E-state index contributed by atoms with van der Waals surface area (Å²) in [5, 5.41) is 2.19. The summed E-state index contributed by atoms with van der Waals surface area (Å²) in [4.78, 5) is 53.5. The molecule has 2 aromatic carbocycles. The van der Waals surface area contributed by atoms with Gasteiger partial charge in [0.1, 0.15) is 6.54 Å². The van der Waals surface area contributed by atoms with Crippen LogP contribution in [0.3, 0.4) is 0 Å². The number of Topliss-reactive ketones (excluding diaryl/α,β-unsaturated/α-hetero) is 1. The van der Waals surface area contributed by atoms with E-state index < -0.39 is 41.9 Å². The number of fused-ring (bicyclic) bond motifs is 1. The van der Waals surface area contributed by atoms with Gasteiger partial charge in [-0.15, -0.1) is 0 Å². The number of hydrogen-bond donors (Lipinski definition) is 0. The predicted molar refractivity (Wildman–Crippen MR) is 130 cm³/mol. The summed E-state index contributed by atoms with van der Waals surface area (Å²) in [6.07, 6.45) is 2.81. The predicted octanol–water partition coefficient (Wildman–Crippen LogP) is 5.19. The first-order chi connectivity index (χ1) is 16.1. The minimum absolute atomic E-state index is 0.0451. The van der Waals surface area contributed by atoms with Gasteiger partial charge in [-0.25, -0.2) is 5.01 Å². The molecule has 1 saturated heterocycles. The summed E-state index contributed by atoms with van der Waals surface area (Å²) in [6.45, 7) is 5.25. The number of hydrazine groups is 1. The highest BCUT2D eigenvalue weighted by atomic mass is 35.5. The number of hydrogen-bond acceptors (Lipinski definition) is 4. The summed E-state index contributed by atoms with van der Waals surface area (Å²) >= 11 is 12.2. The van der Waals surface area contributed by atoms with Gasteiger partial charge >= 0.3 is 0 Å². The number of allylic oxidation sites excluding steroid dienone is 2. The van der Waals surface area contributed by atoms with Crippen molar-refractivity contribution < 1.29 is 19.2 Å². The van der Waals surface area contributed by atoms with Crippen LogP contribution in [0, 0.1) is 25.7 Å². The molecule has 8 heteroatoms. The Balaban J connectivity index is 1.73. The van der Waals surface area contributed by atoms with Gasteiger partial charge in [-0.1, -0.05) is 47.0 Å². The lowest BCUT2D eigenvalue weighted by Gasteiger charge is -2.30. The Hall–Kier alpha value is -2.96. The average Bonchev–Trinajstić information content (AvgIpc) is 3.02. The van der Waals surface area contributed by atoms with E-state index in [1.807, 2.05) is 32.9 Å². The molecule has 3 amide bonds. The molecule has 1 aliphatic carbocycles. The van der Waals surface area contributed by atoms with Crippen molar-refractivity contribution in [2.45, 2.75) is 33.6 Å². The van der Waals surface area contributed by atoms with Crippen LogP contribution in [0.25, 0.3) is 0 Å². The van der Waals surface area contributed by atoms with Crippen LogP contribution in [0.15, 0.2) is 48.0 Å². The Bertz CT molecular complexity index is 1250. The van der Waals surface area contributed by atoms with Crippen molar-refractivity contribution >= 4 is 46.7 Å². The third kappa shape index (κ3) is 4.40. The third-order valence-electron chi connectivity index (χ3n) is 6.56. The van der Waals surface area contributed by atoms with Gasteiger partial charge in [-0.3, -0.25) is 19.2 Å². The first kappa shape index (κ1) is 24.2. The number of carbonyl (C=O) groups is 4. The van der Waals surface area contributed by atoms with Crippen LogP contribution in [-0.4, -0.2) is 40.1 Å². The van der Waals surface area contributed by atoms with Gasteiger partial charge in [0.2, 0.25) is 0 Å². The van der Waals surface area contributed by atoms with E-state index in [1.165, 1.54) is 18.2 Å². The van der Waals surface area contributed by atoms with Crippen LogP contribution < -0.4 is 0 Å². The molecular weight excluding hydrogens is 475 g/mol. The molecule has 0 bridgehead atoms. The minimum atomic E-state index is -0.719. The van der Waals surface area contributed by atoms with Gasteiger partial charge in [0.25, 0.3) is 17.7 Å². The van der Waals surface area contributed by atoms with E-state index in [9.17, 15) is 19.2 Å². The molecule has 1 aliphatic heterocycles. The summed E-state index contributed by atoms with van der Waals surface area (Å²) in [6, 6.07) is 9.54. The fraction of sp³-hybridized carbons (Fsp3) is 0.308. The molecule has 0 aromatic heterocycles. The molecular formula is C26H24Cl2N2O4. The fourth-order valence-corrected chi connectivity index (χ4v) is 4.92. The van der Waals surface area contributed by atoms with Crippen molar-refractivity contribution in [1.29, 1.82) is 0 Å². The number of imide groups is 1. The second-order valence-electron chi connectivity index (χ2n) is 8.90. The molecule has 6 nitrogen and oxygen atoms in total. The SMILES string of the molecule is CC1=CC[C@@H]2C(=O)N(N(CC(=O)c3ccc(C)c(C)c3)C(=O)c3ccc(Cl)cc3Cl)C(=O)[C@H]2C1. The Morgan fingerprint density at radius 3 is 2.35 bits per heavy atom. The van der Waals surface area contributed by atoms with Gasteiger partial charge < -0.3 is 0 Å². The van der Waals surface area contributed by atoms with Crippen LogP contribution in [0.5, 0.6) is 0 Å². The van der Waals surface area contributed by atoms with Gasteiger partial charge in [-0.2, -0.15) is 5.01 Å². The molecule has 1 fully saturated rings. The maximum atomic E-state index is 13.6. The maximum Gasteiger partial charge on any atom is 0.274 e. The van der Waals surface area contributed by atoms with E-state index in [4.69, 9.17) is 23.2 Å². The van der Waals surface area contributed by atoms with Crippen molar-refractivity contribution in [1.82, 2.24) is 10.0 Å². The highest BCUT2D eigenvalue weighted by Crippen LogP contribution is 2.39. The van der Waals surface area contributed by atoms with E-state index in [0.29, 0.717) is 23.4 Å². The lowest BCUT2D eigenvalue weighted by Crippen LogP contribution is -2.52. The average molecular weight is 499 g/mol. The first-order valence-corrected chi connectivity index (χ1v) is 11.7. The number of amides is 3. The molecule has 2 aliphatic rings. The summed E-state index contributed by atoms with van der Waals surface area (Å²) in [5.41, 5.74) is 3.40. The molecule has 0 radical (unpaired) electrons. The van der Waals surface area contributed by atoms with E-state index in [1.54, 1.807) is 12.1 Å². The smallest absolute Gasteiger partial charge is 0.274 e. The second-order valence-corrected chi connectivity index (χ2v) is 9.74. The largest absolute Gasteiger partial charge is 0.292 e. The molecule has 0 N–H and O–H groups in total. The molecule has 4 rings (SSSR count). The van der Waals surface area contributed by atoms with Crippen LogP contribution in [0.1, 0.15) is 51.6 Å². The zero-order valence-corrected chi connectivity index (χ0v) is 20.6. The molecule has 0 spiro atoms. The lowest BCUT2D eigenvalue weighted by atomic mass is 9.82. The molecule has 34 heavy (non-hydrogen) atoms. The summed E-state index contributed by atoms with van der Waals surface area (Å²) in [7, 11) is 0. The van der Waals surface area contributed by atoms with E-state index in [2.05, 4.69) is 0 Å². The lowest BCUT2D eigenvalue weighted by molar-refractivity contribution is -0.154. The maximum absolute atomic E-state index is 13.6. The van der Waals surface area contributed by atoms with E-state index in [0.717, 1.165) is 26.7 Å².